The fraction of sp³-hybridized carbons (Fsp3) is 0.316. The van der Waals surface area contributed by atoms with E-state index >= 15 is 0 Å². The Morgan fingerprint density at radius 1 is 1.25 bits per heavy atom. The van der Waals surface area contributed by atoms with Crippen molar-refractivity contribution >= 4 is 17.3 Å². The van der Waals surface area contributed by atoms with Gasteiger partial charge in [-0.15, -0.1) is 0 Å². The molecule has 2 aromatic carbocycles. The van der Waals surface area contributed by atoms with Gasteiger partial charge in [-0.25, -0.2) is 0 Å². The molecule has 0 aromatic heterocycles. The van der Waals surface area contributed by atoms with Gasteiger partial charge in [-0.05, 0) is 55.7 Å². The Hall–Kier alpha value is -2.69. The standard InChI is InChI=1S/C19H22N2O3/c1-13(3-4-14-5-8-16(22)9-6-14)20-15-7-10-18-17(11-15)21(2)19(23)12-24-18/h5-11,13,20,22H,3-4,12H2,1-2H3/t13-/m0/s1. The first-order valence-electron chi connectivity index (χ1n) is 8.11. The second-order valence-corrected chi connectivity index (χ2v) is 6.17. The van der Waals surface area contributed by atoms with Gasteiger partial charge in [0.15, 0.2) is 6.61 Å². The van der Waals surface area contributed by atoms with Gasteiger partial charge in [-0.1, -0.05) is 12.1 Å². The summed E-state index contributed by atoms with van der Waals surface area (Å²) in [6.07, 6.45) is 1.90. The van der Waals surface area contributed by atoms with Crippen LogP contribution < -0.4 is 15.0 Å². The van der Waals surface area contributed by atoms with E-state index in [1.54, 1.807) is 24.1 Å². The molecule has 0 spiro atoms. The predicted molar refractivity (Wildman–Crippen MR) is 94.9 cm³/mol. The fourth-order valence-electron chi connectivity index (χ4n) is 2.76. The zero-order valence-corrected chi connectivity index (χ0v) is 14.0. The molecule has 0 fully saturated rings. The highest BCUT2D eigenvalue weighted by Crippen LogP contribution is 2.33. The number of benzene rings is 2. The minimum atomic E-state index is -0.0416. The van der Waals surface area contributed by atoms with Crippen LogP contribution in [0.3, 0.4) is 0 Å². The summed E-state index contributed by atoms with van der Waals surface area (Å²) in [5.41, 5.74) is 2.96. The summed E-state index contributed by atoms with van der Waals surface area (Å²) in [6.45, 7) is 2.23. The maximum absolute atomic E-state index is 11.7. The Bertz CT molecular complexity index is 728. The predicted octanol–water partition coefficient (Wildman–Crippen LogP) is 3.18. The van der Waals surface area contributed by atoms with E-state index in [9.17, 15) is 9.90 Å². The topological polar surface area (TPSA) is 61.8 Å². The number of amides is 1. The first kappa shape index (κ1) is 16.2. The van der Waals surface area contributed by atoms with Crippen molar-refractivity contribution in [2.24, 2.45) is 0 Å². The Morgan fingerprint density at radius 3 is 2.75 bits per heavy atom. The Morgan fingerprint density at radius 2 is 2.00 bits per heavy atom. The van der Waals surface area contributed by atoms with Gasteiger partial charge < -0.3 is 20.1 Å². The number of phenols is 1. The number of likely N-dealkylation sites (N-methyl/N-ethyl adjacent to an activating group) is 1. The highest BCUT2D eigenvalue weighted by Gasteiger charge is 2.22. The lowest BCUT2D eigenvalue weighted by Gasteiger charge is -2.27. The first-order chi connectivity index (χ1) is 11.5. The Kier molecular flexibility index (Phi) is 4.60. The van der Waals surface area contributed by atoms with Crippen LogP contribution in [0.25, 0.3) is 0 Å². The van der Waals surface area contributed by atoms with Crippen molar-refractivity contribution in [1.29, 1.82) is 0 Å². The molecule has 0 aliphatic carbocycles. The van der Waals surface area contributed by atoms with Crippen molar-refractivity contribution < 1.29 is 14.6 Å². The Balaban J connectivity index is 1.61. The maximum atomic E-state index is 11.7. The molecule has 3 rings (SSSR count). The average molecular weight is 326 g/mol. The molecule has 0 bridgehead atoms. The molecule has 1 aliphatic heterocycles. The van der Waals surface area contributed by atoms with Crippen LogP contribution in [0, 0.1) is 0 Å². The van der Waals surface area contributed by atoms with Crippen LogP contribution in [0.15, 0.2) is 42.5 Å². The second kappa shape index (κ2) is 6.83. The molecule has 24 heavy (non-hydrogen) atoms. The van der Waals surface area contributed by atoms with E-state index in [1.165, 1.54) is 5.56 Å². The zero-order chi connectivity index (χ0) is 17.1. The van der Waals surface area contributed by atoms with Gasteiger partial charge in [-0.3, -0.25) is 4.79 Å². The van der Waals surface area contributed by atoms with E-state index in [0.29, 0.717) is 5.75 Å². The lowest BCUT2D eigenvalue weighted by Crippen LogP contribution is -2.35. The van der Waals surface area contributed by atoms with Gasteiger partial charge in [0.25, 0.3) is 5.91 Å². The number of aromatic hydroxyl groups is 1. The molecule has 0 unspecified atom stereocenters. The second-order valence-electron chi connectivity index (χ2n) is 6.17. The minimum absolute atomic E-state index is 0.0416. The lowest BCUT2D eigenvalue weighted by molar-refractivity contribution is -0.120. The van der Waals surface area contributed by atoms with Crippen LogP contribution in [-0.2, 0) is 11.2 Å². The number of nitrogens with one attached hydrogen (secondary N) is 1. The first-order valence-corrected chi connectivity index (χ1v) is 8.11. The van der Waals surface area contributed by atoms with Crippen LogP contribution in [0.2, 0.25) is 0 Å². The van der Waals surface area contributed by atoms with Crippen molar-refractivity contribution in [3.8, 4) is 11.5 Å². The van der Waals surface area contributed by atoms with Crippen LogP contribution >= 0.6 is 0 Å². The number of carbonyl (C=O) groups excluding carboxylic acids is 1. The number of ether oxygens (including phenoxy) is 1. The quantitative estimate of drug-likeness (QED) is 0.886. The molecule has 1 amide bonds. The third kappa shape index (κ3) is 3.62. The molecule has 1 heterocycles. The molecule has 2 aromatic rings. The van der Waals surface area contributed by atoms with Crippen molar-refractivity contribution in [3.05, 3.63) is 48.0 Å². The molecule has 2 N–H and O–H groups in total. The summed E-state index contributed by atoms with van der Waals surface area (Å²) in [5, 5.41) is 12.8. The van der Waals surface area contributed by atoms with E-state index < -0.39 is 0 Å². The number of hydrogen-bond donors (Lipinski definition) is 2. The normalized spacial score (nSPS) is 14.8. The summed E-state index contributed by atoms with van der Waals surface area (Å²) in [7, 11) is 1.77. The molecule has 0 saturated carbocycles. The van der Waals surface area contributed by atoms with E-state index in [0.717, 1.165) is 30.0 Å². The molecular formula is C19H22N2O3. The molecule has 1 aliphatic rings. The number of anilines is 2. The van der Waals surface area contributed by atoms with E-state index in [1.807, 2.05) is 30.3 Å². The number of rotatable bonds is 5. The smallest absolute Gasteiger partial charge is 0.264 e. The molecule has 5 nitrogen and oxygen atoms in total. The van der Waals surface area contributed by atoms with E-state index in [4.69, 9.17) is 4.74 Å². The number of hydrogen-bond acceptors (Lipinski definition) is 4. The largest absolute Gasteiger partial charge is 0.508 e. The number of phenolic OH excluding ortho intramolecular Hbond substituents is 1. The SMILES string of the molecule is C[C@@H](CCc1ccc(O)cc1)Nc1ccc2c(c1)N(C)C(=O)CO2. The number of carbonyl (C=O) groups is 1. The fourth-order valence-corrected chi connectivity index (χ4v) is 2.76. The summed E-state index contributed by atoms with van der Waals surface area (Å²) in [6, 6.07) is 13.4. The van der Waals surface area contributed by atoms with Crippen molar-refractivity contribution in [1.82, 2.24) is 0 Å². The molecule has 5 heteroatoms. The third-order valence-electron chi connectivity index (χ3n) is 4.26. The van der Waals surface area contributed by atoms with Gasteiger partial charge in [0.1, 0.15) is 11.5 Å². The number of fused-ring (bicyclic) bond motifs is 1. The molecule has 126 valence electrons. The summed E-state index contributed by atoms with van der Waals surface area (Å²) < 4.78 is 5.44. The summed E-state index contributed by atoms with van der Waals surface area (Å²) >= 11 is 0. The monoisotopic (exact) mass is 326 g/mol. The summed E-state index contributed by atoms with van der Waals surface area (Å²) in [4.78, 5) is 13.4. The third-order valence-corrected chi connectivity index (χ3v) is 4.26. The van der Waals surface area contributed by atoms with Crippen molar-refractivity contribution in [2.45, 2.75) is 25.8 Å². The molecule has 0 saturated heterocycles. The lowest BCUT2D eigenvalue weighted by atomic mass is 10.1. The maximum Gasteiger partial charge on any atom is 0.264 e. The van der Waals surface area contributed by atoms with Gasteiger partial charge >= 0.3 is 0 Å². The van der Waals surface area contributed by atoms with Crippen LogP contribution in [0.5, 0.6) is 11.5 Å². The summed E-state index contributed by atoms with van der Waals surface area (Å²) in [5.74, 6) is 0.985. The van der Waals surface area contributed by atoms with Crippen molar-refractivity contribution in [2.75, 3.05) is 23.9 Å². The Labute approximate surface area is 141 Å². The van der Waals surface area contributed by atoms with Gasteiger partial charge in [-0.2, -0.15) is 0 Å². The van der Waals surface area contributed by atoms with E-state index in [2.05, 4.69) is 12.2 Å². The average Bonchev–Trinajstić information content (AvgIpc) is 2.58. The minimum Gasteiger partial charge on any atom is -0.508 e. The highest BCUT2D eigenvalue weighted by atomic mass is 16.5. The van der Waals surface area contributed by atoms with Gasteiger partial charge in [0.2, 0.25) is 0 Å². The van der Waals surface area contributed by atoms with Crippen LogP contribution in [0.4, 0.5) is 11.4 Å². The molecule has 1 atom stereocenters. The van der Waals surface area contributed by atoms with E-state index in [-0.39, 0.29) is 18.6 Å². The van der Waals surface area contributed by atoms with Crippen LogP contribution in [-0.4, -0.2) is 30.7 Å². The number of nitrogens with zero attached hydrogens (tertiary/aromatic N) is 1. The zero-order valence-electron chi connectivity index (χ0n) is 14.0. The van der Waals surface area contributed by atoms with Crippen LogP contribution in [0.1, 0.15) is 18.9 Å². The molecular weight excluding hydrogens is 304 g/mol. The van der Waals surface area contributed by atoms with Crippen molar-refractivity contribution in [3.63, 3.8) is 0 Å². The van der Waals surface area contributed by atoms with Gasteiger partial charge in [0, 0.05) is 18.8 Å². The highest BCUT2D eigenvalue weighted by molar-refractivity contribution is 5.97. The molecule has 0 radical (unpaired) electrons. The number of aryl methyl sites for hydroxylation is 1. The van der Waals surface area contributed by atoms with Gasteiger partial charge in [0.05, 0.1) is 5.69 Å².